The van der Waals surface area contributed by atoms with Crippen LogP contribution in [-0.4, -0.2) is 18.8 Å². The van der Waals surface area contributed by atoms with Crippen molar-refractivity contribution >= 4 is 0 Å². The molecule has 1 aromatic rings. The first kappa shape index (κ1) is 9.74. The molecule has 2 heterocycles. The molecule has 1 unspecified atom stereocenters. The Morgan fingerprint density at radius 2 is 2.29 bits per heavy atom. The Morgan fingerprint density at radius 3 is 2.86 bits per heavy atom. The van der Waals surface area contributed by atoms with Crippen LogP contribution in [0.15, 0.2) is 16.7 Å². The molecule has 0 bridgehead atoms. The molecule has 1 aromatic heterocycles. The SMILES string of the molecule is Cc1cc(C2NCCOC2(C)C)co1. The van der Waals surface area contributed by atoms with Gasteiger partial charge in [-0.2, -0.15) is 0 Å². The van der Waals surface area contributed by atoms with Crippen molar-refractivity contribution in [2.24, 2.45) is 0 Å². The van der Waals surface area contributed by atoms with E-state index in [1.807, 2.05) is 13.2 Å². The molecule has 1 fully saturated rings. The molecule has 78 valence electrons. The number of ether oxygens (including phenoxy) is 1. The topological polar surface area (TPSA) is 34.4 Å². The molecule has 1 N–H and O–H groups in total. The molecular weight excluding hydrogens is 178 g/mol. The number of hydrogen-bond donors (Lipinski definition) is 1. The maximum absolute atomic E-state index is 5.74. The molecule has 14 heavy (non-hydrogen) atoms. The lowest BCUT2D eigenvalue weighted by Crippen LogP contribution is -2.48. The highest BCUT2D eigenvalue weighted by Crippen LogP contribution is 2.31. The Hall–Kier alpha value is -0.800. The average molecular weight is 195 g/mol. The monoisotopic (exact) mass is 195 g/mol. The molecule has 0 amide bonds. The van der Waals surface area contributed by atoms with Crippen LogP contribution in [0.4, 0.5) is 0 Å². The molecule has 1 aliphatic heterocycles. The van der Waals surface area contributed by atoms with Crippen molar-refractivity contribution < 1.29 is 9.15 Å². The highest BCUT2D eigenvalue weighted by atomic mass is 16.5. The zero-order valence-corrected chi connectivity index (χ0v) is 8.96. The molecule has 1 atom stereocenters. The summed E-state index contributed by atoms with van der Waals surface area (Å²) in [6.45, 7) is 7.84. The van der Waals surface area contributed by atoms with E-state index in [1.54, 1.807) is 0 Å². The van der Waals surface area contributed by atoms with Crippen molar-refractivity contribution in [3.05, 3.63) is 23.7 Å². The standard InChI is InChI=1S/C11H17NO2/c1-8-6-9(7-13-8)10-11(2,3)14-5-4-12-10/h6-7,10,12H,4-5H2,1-3H3. The van der Waals surface area contributed by atoms with Crippen molar-refractivity contribution in [1.82, 2.24) is 5.32 Å². The van der Waals surface area contributed by atoms with Gasteiger partial charge in [0.1, 0.15) is 5.76 Å². The van der Waals surface area contributed by atoms with Gasteiger partial charge in [0, 0.05) is 12.1 Å². The smallest absolute Gasteiger partial charge is 0.101 e. The summed E-state index contributed by atoms with van der Waals surface area (Å²) in [5, 5.41) is 3.45. The van der Waals surface area contributed by atoms with E-state index >= 15 is 0 Å². The van der Waals surface area contributed by atoms with E-state index in [0.717, 1.165) is 18.9 Å². The van der Waals surface area contributed by atoms with E-state index in [4.69, 9.17) is 9.15 Å². The first-order valence-electron chi connectivity index (χ1n) is 5.02. The first-order valence-corrected chi connectivity index (χ1v) is 5.02. The summed E-state index contributed by atoms with van der Waals surface area (Å²) in [4.78, 5) is 0. The van der Waals surface area contributed by atoms with Crippen LogP contribution in [0.1, 0.15) is 31.2 Å². The van der Waals surface area contributed by atoms with Crippen LogP contribution in [0.2, 0.25) is 0 Å². The van der Waals surface area contributed by atoms with E-state index in [-0.39, 0.29) is 11.6 Å². The van der Waals surface area contributed by atoms with Gasteiger partial charge in [0.15, 0.2) is 0 Å². The highest BCUT2D eigenvalue weighted by molar-refractivity contribution is 5.20. The van der Waals surface area contributed by atoms with E-state index in [9.17, 15) is 0 Å². The Labute approximate surface area is 84.4 Å². The molecular formula is C11H17NO2. The minimum absolute atomic E-state index is 0.158. The molecule has 2 rings (SSSR count). The van der Waals surface area contributed by atoms with Crippen molar-refractivity contribution in [3.63, 3.8) is 0 Å². The van der Waals surface area contributed by atoms with Crippen LogP contribution in [-0.2, 0) is 4.74 Å². The van der Waals surface area contributed by atoms with Gasteiger partial charge in [0.2, 0.25) is 0 Å². The van der Waals surface area contributed by atoms with Gasteiger partial charge in [-0.1, -0.05) is 0 Å². The van der Waals surface area contributed by atoms with Gasteiger partial charge >= 0.3 is 0 Å². The quantitative estimate of drug-likeness (QED) is 0.744. The molecule has 0 radical (unpaired) electrons. The fourth-order valence-corrected chi connectivity index (χ4v) is 1.98. The van der Waals surface area contributed by atoms with Crippen molar-refractivity contribution in [1.29, 1.82) is 0 Å². The summed E-state index contributed by atoms with van der Waals surface area (Å²) < 4.78 is 11.1. The number of nitrogens with one attached hydrogen (secondary N) is 1. The molecule has 0 aliphatic carbocycles. The molecule has 0 aromatic carbocycles. The summed E-state index contributed by atoms with van der Waals surface area (Å²) in [7, 11) is 0. The fourth-order valence-electron chi connectivity index (χ4n) is 1.98. The van der Waals surface area contributed by atoms with Crippen LogP contribution in [0, 0.1) is 6.92 Å². The summed E-state index contributed by atoms with van der Waals surface area (Å²) >= 11 is 0. The van der Waals surface area contributed by atoms with Crippen LogP contribution in [0.25, 0.3) is 0 Å². The van der Waals surface area contributed by atoms with Gasteiger partial charge in [0.25, 0.3) is 0 Å². The van der Waals surface area contributed by atoms with Crippen LogP contribution in [0.3, 0.4) is 0 Å². The summed E-state index contributed by atoms with van der Waals surface area (Å²) in [6, 6.07) is 2.29. The largest absolute Gasteiger partial charge is 0.469 e. The maximum Gasteiger partial charge on any atom is 0.101 e. The van der Waals surface area contributed by atoms with Crippen molar-refractivity contribution in [3.8, 4) is 0 Å². The molecule has 3 heteroatoms. The second-order valence-electron chi connectivity index (χ2n) is 4.33. The van der Waals surface area contributed by atoms with Gasteiger partial charge in [-0.05, 0) is 26.8 Å². The zero-order chi connectivity index (χ0) is 10.2. The molecule has 0 spiro atoms. The van der Waals surface area contributed by atoms with Crippen LogP contribution >= 0.6 is 0 Å². The average Bonchev–Trinajstić information content (AvgIpc) is 2.51. The van der Waals surface area contributed by atoms with Gasteiger partial charge in [-0.15, -0.1) is 0 Å². The van der Waals surface area contributed by atoms with Crippen molar-refractivity contribution in [2.45, 2.75) is 32.4 Å². The number of hydrogen-bond acceptors (Lipinski definition) is 3. The minimum atomic E-state index is -0.158. The summed E-state index contributed by atoms with van der Waals surface area (Å²) in [5.74, 6) is 0.947. The van der Waals surface area contributed by atoms with Crippen LogP contribution < -0.4 is 5.32 Å². The number of morpholine rings is 1. The lowest BCUT2D eigenvalue weighted by atomic mass is 9.92. The lowest BCUT2D eigenvalue weighted by molar-refractivity contribution is -0.0723. The molecule has 1 aliphatic rings. The summed E-state index contributed by atoms with van der Waals surface area (Å²) in [5.41, 5.74) is 1.02. The molecule has 3 nitrogen and oxygen atoms in total. The second-order valence-corrected chi connectivity index (χ2v) is 4.33. The van der Waals surface area contributed by atoms with E-state index < -0.39 is 0 Å². The van der Waals surface area contributed by atoms with Gasteiger partial charge in [-0.25, -0.2) is 0 Å². The Balaban J connectivity index is 2.23. The Bertz CT molecular complexity index is 317. The Morgan fingerprint density at radius 1 is 1.50 bits per heavy atom. The number of furan rings is 1. The number of rotatable bonds is 1. The molecule has 0 saturated carbocycles. The minimum Gasteiger partial charge on any atom is -0.469 e. The maximum atomic E-state index is 5.74. The van der Waals surface area contributed by atoms with E-state index in [0.29, 0.717) is 0 Å². The Kier molecular flexibility index (Phi) is 2.37. The van der Waals surface area contributed by atoms with E-state index in [2.05, 4.69) is 25.2 Å². The zero-order valence-electron chi connectivity index (χ0n) is 8.96. The second kappa shape index (κ2) is 3.41. The fraction of sp³-hybridized carbons (Fsp3) is 0.636. The molecule has 1 saturated heterocycles. The third-order valence-corrected chi connectivity index (χ3v) is 2.70. The van der Waals surface area contributed by atoms with Gasteiger partial charge in [0.05, 0.1) is 24.5 Å². The van der Waals surface area contributed by atoms with E-state index in [1.165, 1.54) is 5.56 Å². The highest BCUT2D eigenvalue weighted by Gasteiger charge is 2.34. The third-order valence-electron chi connectivity index (χ3n) is 2.70. The normalized spacial score (nSPS) is 26.4. The van der Waals surface area contributed by atoms with Crippen LogP contribution in [0.5, 0.6) is 0 Å². The predicted octanol–water partition coefficient (Wildman–Crippen LogP) is 2.03. The predicted molar refractivity (Wildman–Crippen MR) is 54.2 cm³/mol. The van der Waals surface area contributed by atoms with Gasteiger partial charge in [-0.3, -0.25) is 0 Å². The van der Waals surface area contributed by atoms with Crippen molar-refractivity contribution in [2.75, 3.05) is 13.2 Å². The lowest BCUT2D eigenvalue weighted by Gasteiger charge is -2.38. The van der Waals surface area contributed by atoms with Gasteiger partial charge < -0.3 is 14.5 Å². The third kappa shape index (κ3) is 1.70. The number of aryl methyl sites for hydroxylation is 1. The first-order chi connectivity index (χ1) is 6.59. The summed E-state index contributed by atoms with van der Waals surface area (Å²) in [6.07, 6.45) is 1.81.